The Bertz CT molecular complexity index is 1030. The molecule has 1 N–H and O–H groups in total. The number of sulfone groups is 1. The van der Waals surface area contributed by atoms with E-state index in [9.17, 15) is 22.8 Å². The molecule has 0 unspecified atom stereocenters. The summed E-state index contributed by atoms with van der Waals surface area (Å²) in [6.45, 7) is 1.53. The molecule has 9 nitrogen and oxygen atoms in total. The maximum Gasteiger partial charge on any atom is 0.340 e. The molecule has 1 aliphatic rings. The first-order valence-corrected chi connectivity index (χ1v) is 11.2. The van der Waals surface area contributed by atoms with Gasteiger partial charge in [-0.3, -0.25) is 9.59 Å². The molecule has 2 aromatic rings. The highest BCUT2D eigenvalue weighted by atomic mass is 32.2. The molecule has 30 heavy (non-hydrogen) atoms. The van der Waals surface area contributed by atoms with Crippen molar-refractivity contribution >= 4 is 33.3 Å². The van der Waals surface area contributed by atoms with Gasteiger partial charge in [0.05, 0.1) is 29.0 Å². The van der Waals surface area contributed by atoms with Crippen molar-refractivity contribution < 1.29 is 32.0 Å². The molecule has 1 aromatic carbocycles. The number of amides is 2. The Morgan fingerprint density at radius 2 is 1.97 bits per heavy atom. The average Bonchev–Trinajstić information content (AvgIpc) is 3.37. The fourth-order valence-corrected chi connectivity index (χ4v) is 5.04. The Balaban J connectivity index is 1.63. The van der Waals surface area contributed by atoms with Crippen molar-refractivity contribution in [2.75, 3.05) is 30.0 Å². The number of esters is 1. The van der Waals surface area contributed by atoms with Crippen LogP contribution in [0.25, 0.3) is 0 Å². The number of anilines is 1. The highest BCUT2D eigenvalue weighted by molar-refractivity contribution is 7.91. The summed E-state index contributed by atoms with van der Waals surface area (Å²) in [5.74, 6) is -1.74. The lowest BCUT2D eigenvalue weighted by Crippen LogP contribution is -2.43. The zero-order valence-corrected chi connectivity index (χ0v) is 17.2. The van der Waals surface area contributed by atoms with Crippen LogP contribution < -0.4 is 5.32 Å². The van der Waals surface area contributed by atoms with Crippen LogP contribution in [-0.4, -0.2) is 61.8 Å². The number of ether oxygens (including phenoxy) is 1. The van der Waals surface area contributed by atoms with Gasteiger partial charge in [-0.1, -0.05) is 12.1 Å². The number of rotatable bonds is 7. The van der Waals surface area contributed by atoms with E-state index >= 15 is 0 Å². The summed E-state index contributed by atoms with van der Waals surface area (Å²) in [6, 6.07) is 8.87. The largest absolute Gasteiger partial charge is 0.459 e. The van der Waals surface area contributed by atoms with Gasteiger partial charge in [0.25, 0.3) is 11.8 Å². The second-order valence-electron chi connectivity index (χ2n) is 6.79. The van der Waals surface area contributed by atoms with Gasteiger partial charge in [-0.2, -0.15) is 0 Å². The topological polar surface area (TPSA) is 123 Å². The van der Waals surface area contributed by atoms with E-state index in [4.69, 9.17) is 9.15 Å². The summed E-state index contributed by atoms with van der Waals surface area (Å²) < 4.78 is 33.5. The molecule has 0 saturated carbocycles. The van der Waals surface area contributed by atoms with E-state index in [1.54, 1.807) is 25.1 Å². The Hall–Kier alpha value is -3.14. The molecule has 1 aliphatic heterocycles. The van der Waals surface area contributed by atoms with Crippen molar-refractivity contribution in [2.45, 2.75) is 19.4 Å². The predicted octanol–water partition coefficient (Wildman–Crippen LogP) is 1.72. The van der Waals surface area contributed by atoms with Gasteiger partial charge in [-0.05, 0) is 37.6 Å². The van der Waals surface area contributed by atoms with E-state index in [0.717, 1.165) is 0 Å². The van der Waals surface area contributed by atoms with Crippen LogP contribution >= 0.6 is 0 Å². The molecule has 2 heterocycles. The number of nitrogens with one attached hydrogen (secondary N) is 1. The molecule has 0 spiro atoms. The number of benzene rings is 1. The number of para-hydroxylation sites is 1. The zero-order chi connectivity index (χ0) is 21.7. The van der Waals surface area contributed by atoms with Gasteiger partial charge in [0.1, 0.15) is 0 Å². The fourth-order valence-electron chi connectivity index (χ4n) is 3.31. The Labute approximate surface area is 173 Å². The van der Waals surface area contributed by atoms with E-state index < -0.39 is 40.3 Å². The molecule has 160 valence electrons. The maximum absolute atomic E-state index is 12.5. The predicted molar refractivity (Wildman–Crippen MR) is 108 cm³/mol. The minimum absolute atomic E-state index is 0.0456. The minimum Gasteiger partial charge on any atom is -0.459 e. The van der Waals surface area contributed by atoms with Crippen molar-refractivity contribution in [1.29, 1.82) is 0 Å². The Morgan fingerprint density at radius 3 is 2.60 bits per heavy atom. The average molecular weight is 434 g/mol. The fraction of sp³-hybridized carbons (Fsp3) is 0.350. The third-order valence-corrected chi connectivity index (χ3v) is 6.53. The van der Waals surface area contributed by atoms with Gasteiger partial charge in [0.2, 0.25) is 0 Å². The van der Waals surface area contributed by atoms with Crippen LogP contribution in [0.4, 0.5) is 5.69 Å². The van der Waals surface area contributed by atoms with Gasteiger partial charge < -0.3 is 19.4 Å². The van der Waals surface area contributed by atoms with Crippen molar-refractivity contribution in [3.8, 4) is 0 Å². The quantitative estimate of drug-likeness (QED) is 0.658. The molecule has 1 atom stereocenters. The van der Waals surface area contributed by atoms with Crippen LogP contribution in [0.15, 0.2) is 47.1 Å². The molecule has 3 rings (SSSR count). The number of likely N-dealkylation sites (N-methyl/N-ethyl adjacent to an activating group) is 1. The maximum atomic E-state index is 12.5. The first-order chi connectivity index (χ1) is 14.3. The summed E-state index contributed by atoms with van der Waals surface area (Å²) in [7, 11) is -3.14. The van der Waals surface area contributed by atoms with Crippen molar-refractivity contribution in [2.24, 2.45) is 0 Å². The Kier molecular flexibility index (Phi) is 6.56. The van der Waals surface area contributed by atoms with E-state index in [-0.39, 0.29) is 28.5 Å². The van der Waals surface area contributed by atoms with E-state index in [2.05, 4.69) is 5.32 Å². The molecular formula is C20H22N2O7S. The molecule has 1 fully saturated rings. The monoisotopic (exact) mass is 434 g/mol. The summed E-state index contributed by atoms with van der Waals surface area (Å²) in [5, 5.41) is 2.57. The smallest absolute Gasteiger partial charge is 0.340 e. The van der Waals surface area contributed by atoms with E-state index in [0.29, 0.717) is 13.0 Å². The standard InChI is InChI=1S/C20H22N2O7S/c1-2-22(14-9-11-30(26,27)13-14)18(23)12-29-20(25)15-6-3-4-7-16(15)21-19(24)17-8-5-10-28-17/h3-8,10,14H,2,9,11-13H2,1H3,(H,21,24)/t14-/m0/s1. The van der Waals surface area contributed by atoms with Crippen LogP contribution in [0.1, 0.15) is 34.3 Å². The Morgan fingerprint density at radius 1 is 1.20 bits per heavy atom. The third kappa shape index (κ3) is 5.07. The number of hydrogen-bond donors (Lipinski definition) is 1. The lowest BCUT2D eigenvalue weighted by Gasteiger charge is -2.26. The summed E-state index contributed by atoms with van der Waals surface area (Å²) in [5.41, 5.74) is 0.294. The molecule has 0 bridgehead atoms. The molecular weight excluding hydrogens is 412 g/mol. The lowest BCUT2D eigenvalue weighted by atomic mass is 10.1. The van der Waals surface area contributed by atoms with Crippen LogP contribution in [0.3, 0.4) is 0 Å². The number of nitrogens with zero attached hydrogens (tertiary/aromatic N) is 1. The first-order valence-electron chi connectivity index (χ1n) is 9.41. The number of furan rings is 1. The molecule has 2 amide bonds. The van der Waals surface area contributed by atoms with Gasteiger partial charge in [0, 0.05) is 12.6 Å². The second-order valence-corrected chi connectivity index (χ2v) is 9.02. The summed E-state index contributed by atoms with van der Waals surface area (Å²) in [4.78, 5) is 38.6. The van der Waals surface area contributed by atoms with E-state index in [1.165, 1.54) is 29.4 Å². The number of carbonyl (C=O) groups is 3. The zero-order valence-electron chi connectivity index (χ0n) is 16.4. The normalized spacial score (nSPS) is 17.3. The van der Waals surface area contributed by atoms with Crippen molar-refractivity contribution in [3.05, 3.63) is 54.0 Å². The van der Waals surface area contributed by atoms with Gasteiger partial charge in [-0.15, -0.1) is 0 Å². The molecule has 10 heteroatoms. The SMILES string of the molecule is CCN(C(=O)COC(=O)c1ccccc1NC(=O)c1ccco1)[C@H]1CCS(=O)(=O)C1. The second kappa shape index (κ2) is 9.12. The van der Waals surface area contributed by atoms with Crippen LogP contribution in [0, 0.1) is 0 Å². The van der Waals surface area contributed by atoms with Gasteiger partial charge in [-0.25, -0.2) is 13.2 Å². The molecule has 0 radical (unpaired) electrons. The third-order valence-electron chi connectivity index (χ3n) is 4.78. The first kappa shape index (κ1) is 21.6. The summed E-state index contributed by atoms with van der Waals surface area (Å²) in [6.07, 6.45) is 1.73. The van der Waals surface area contributed by atoms with Crippen LogP contribution in [0.5, 0.6) is 0 Å². The van der Waals surface area contributed by atoms with E-state index in [1.807, 2.05) is 0 Å². The molecule has 1 aromatic heterocycles. The highest BCUT2D eigenvalue weighted by Crippen LogP contribution is 2.20. The highest BCUT2D eigenvalue weighted by Gasteiger charge is 2.34. The van der Waals surface area contributed by atoms with Gasteiger partial charge in [0.15, 0.2) is 22.2 Å². The number of hydrogen-bond acceptors (Lipinski definition) is 7. The lowest BCUT2D eigenvalue weighted by molar-refractivity contribution is -0.136. The number of carbonyl (C=O) groups excluding carboxylic acids is 3. The van der Waals surface area contributed by atoms with Gasteiger partial charge >= 0.3 is 5.97 Å². The van der Waals surface area contributed by atoms with Crippen molar-refractivity contribution in [3.63, 3.8) is 0 Å². The molecule has 0 aliphatic carbocycles. The van der Waals surface area contributed by atoms with Crippen molar-refractivity contribution in [1.82, 2.24) is 4.90 Å². The summed E-state index contributed by atoms with van der Waals surface area (Å²) >= 11 is 0. The minimum atomic E-state index is -3.14. The van der Waals surface area contributed by atoms with Crippen LogP contribution in [-0.2, 0) is 19.4 Å². The van der Waals surface area contributed by atoms with Crippen LogP contribution in [0.2, 0.25) is 0 Å². The molecule has 1 saturated heterocycles.